The predicted octanol–water partition coefficient (Wildman–Crippen LogP) is 4.75. The van der Waals surface area contributed by atoms with E-state index in [-0.39, 0.29) is 18.4 Å². The summed E-state index contributed by atoms with van der Waals surface area (Å²) in [6.07, 6.45) is 0. The maximum atomic E-state index is 12.8. The molecule has 0 spiro atoms. The third kappa shape index (κ3) is 6.33. The fraction of sp³-hybridized carbons (Fsp3) is 0.167. The highest BCUT2D eigenvalue weighted by Crippen LogP contribution is 2.29. The summed E-state index contributed by atoms with van der Waals surface area (Å²) in [4.78, 5) is 26.3. The van der Waals surface area contributed by atoms with Gasteiger partial charge in [-0.3, -0.25) is 9.59 Å². The summed E-state index contributed by atoms with van der Waals surface area (Å²) in [6, 6.07) is 21.9. The number of methoxy groups -OCH3 is 1. The molecule has 3 rings (SSSR count). The summed E-state index contributed by atoms with van der Waals surface area (Å²) in [6.45, 7) is 0.300. The lowest BCUT2D eigenvalue weighted by molar-refractivity contribution is -0.116. The van der Waals surface area contributed by atoms with E-state index < -0.39 is 0 Å². The highest BCUT2D eigenvalue weighted by atomic mass is 79.9. The van der Waals surface area contributed by atoms with Crippen molar-refractivity contribution in [3.8, 4) is 11.5 Å². The van der Waals surface area contributed by atoms with E-state index in [1.54, 1.807) is 37.4 Å². The van der Waals surface area contributed by atoms with Crippen molar-refractivity contribution < 1.29 is 19.1 Å². The molecule has 31 heavy (non-hydrogen) atoms. The molecule has 0 heterocycles. The lowest BCUT2D eigenvalue weighted by Gasteiger charge is -2.18. The van der Waals surface area contributed by atoms with Gasteiger partial charge in [-0.2, -0.15) is 0 Å². The minimum absolute atomic E-state index is 0.0716. The van der Waals surface area contributed by atoms with Crippen molar-refractivity contribution in [2.45, 2.75) is 6.61 Å². The predicted molar refractivity (Wildman–Crippen MR) is 124 cm³/mol. The van der Waals surface area contributed by atoms with Gasteiger partial charge in [-0.05, 0) is 48.0 Å². The second-order valence-electron chi connectivity index (χ2n) is 6.86. The topological polar surface area (TPSA) is 67.9 Å². The number of hydrogen-bond donors (Lipinski definition) is 1. The SMILES string of the molecule is COc1cc(C(=O)N(C)CC(=O)Nc2ccccc2)ccc1OCc1ccc(Br)cc1. The molecule has 2 amide bonds. The van der Waals surface area contributed by atoms with E-state index in [0.717, 1.165) is 10.0 Å². The van der Waals surface area contributed by atoms with Crippen LogP contribution < -0.4 is 14.8 Å². The molecule has 0 atom stereocenters. The first kappa shape index (κ1) is 22.4. The number of ether oxygens (including phenoxy) is 2. The lowest BCUT2D eigenvalue weighted by Crippen LogP contribution is -2.34. The Labute approximate surface area is 189 Å². The van der Waals surface area contributed by atoms with Gasteiger partial charge in [0.1, 0.15) is 6.61 Å². The molecular weight excluding hydrogens is 460 g/mol. The number of likely N-dealkylation sites (N-methyl/N-ethyl adjacent to an activating group) is 1. The first-order valence-electron chi connectivity index (χ1n) is 9.62. The van der Waals surface area contributed by atoms with Gasteiger partial charge in [-0.15, -0.1) is 0 Å². The van der Waals surface area contributed by atoms with Crippen molar-refractivity contribution in [2.75, 3.05) is 26.0 Å². The number of anilines is 1. The van der Waals surface area contributed by atoms with Gasteiger partial charge < -0.3 is 19.7 Å². The van der Waals surface area contributed by atoms with Crippen molar-refractivity contribution >= 4 is 33.4 Å². The summed E-state index contributed by atoms with van der Waals surface area (Å²) in [5, 5.41) is 2.77. The minimum Gasteiger partial charge on any atom is -0.493 e. The number of halogens is 1. The second kappa shape index (κ2) is 10.6. The zero-order chi connectivity index (χ0) is 22.2. The molecule has 1 N–H and O–H groups in total. The molecule has 0 aliphatic rings. The number of nitrogens with one attached hydrogen (secondary N) is 1. The molecular formula is C24H23BrN2O4. The summed E-state index contributed by atoms with van der Waals surface area (Å²) in [5.74, 6) is 0.418. The Morgan fingerprint density at radius 3 is 2.35 bits per heavy atom. The standard InChI is InChI=1S/C24H23BrN2O4/c1-27(15-23(28)26-20-6-4-3-5-7-20)24(29)18-10-13-21(22(14-18)30-2)31-16-17-8-11-19(25)12-9-17/h3-14H,15-16H2,1-2H3,(H,26,28). The van der Waals surface area contributed by atoms with Gasteiger partial charge in [-0.25, -0.2) is 0 Å². The summed E-state index contributed by atoms with van der Waals surface area (Å²) in [7, 11) is 3.10. The van der Waals surface area contributed by atoms with Crippen LogP contribution in [0.25, 0.3) is 0 Å². The van der Waals surface area contributed by atoms with Crippen LogP contribution in [-0.4, -0.2) is 37.4 Å². The Hall–Kier alpha value is -3.32. The number of benzene rings is 3. The largest absolute Gasteiger partial charge is 0.493 e. The van der Waals surface area contributed by atoms with Gasteiger partial charge in [0.15, 0.2) is 11.5 Å². The van der Waals surface area contributed by atoms with Crippen LogP contribution in [0.2, 0.25) is 0 Å². The molecule has 3 aromatic rings. The van der Waals surface area contributed by atoms with Crippen LogP contribution in [-0.2, 0) is 11.4 Å². The Morgan fingerprint density at radius 2 is 1.68 bits per heavy atom. The van der Waals surface area contributed by atoms with Gasteiger partial charge in [-0.1, -0.05) is 46.3 Å². The minimum atomic E-state index is -0.291. The molecule has 0 aliphatic carbocycles. The normalized spacial score (nSPS) is 10.3. The molecule has 0 unspecified atom stereocenters. The molecule has 0 fully saturated rings. The van der Waals surface area contributed by atoms with Crippen molar-refractivity contribution in [3.63, 3.8) is 0 Å². The molecule has 0 saturated heterocycles. The van der Waals surface area contributed by atoms with Crippen LogP contribution in [0.1, 0.15) is 15.9 Å². The Morgan fingerprint density at radius 1 is 0.968 bits per heavy atom. The van der Waals surface area contributed by atoms with Crippen LogP contribution in [0, 0.1) is 0 Å². The Balaban J connectivity index is 1.62. The average Bonchev–Trinajstić information content (AvgIpc) is 2.78. The second-order valence-corrected chi connectivity index (χ2v) is 7.77. The van der Waals surface area contributed by atoms with Crippen LogP contribution in [0.3, 0.4) is 0 Å². The molecule has 0 saturated carbocycles. The van der Waals surface area contributed by atoms with Gasteiger partial charge in [0.25, 0.3) is 5.91 Å². The molecule has 6 nitrogen and oxygen atoms in total. The monoisotopic (exact) mass is 482 g/mol. The maximum Gasteiger partial charge on any atom is 0.254 e. The first-order valence-corrected chi connectivity index (χ1v) is 10.4. The van der Waals surface area contributed by atoms with E-state index in [0.29, 0.717) is 29.4 Å². The zero-order valence-electron chi connectivity index (χ0n) is 17.3. The number of nitrogens with zero attached hydrogens (tertiary/aromatic N) is 1. The van der Waals surface area contributed by atoms with Crippen LogP contribution in [0.4, 0.5) is 5.69 Å². The molecule has 0 aromatic heterocycles. The quantitative estimate of drug-likeness (QED) is 0.503. The van der Waals surface area contributed by atoms with E-state index in [1.807, 2.05) is 42.5 Å². The molecule has 0 bridgehead atoms. The fourth-order valence-corrected chi connectivity index (χ4v) is 3.16. The Bertz CT molecular complexity index is 1040. The van der Waals surface area contributed by atoms with E-state index in [2.05, 4.69) is 21.2 Å². The molecule has 0 aliphatic heterocycles. The zero-order valence-corrected chi connectivity index (χ0v) is 18.9. The number of carbonyl (C=O) groups is 2. The summed E-state index contributed by atoms with van der Waals surface area (Å²) < 4.78 is 12.3. The van der Waals surface area contributed by atoms with E-state index >= 15 is 0 Å². The maximum absolute atomic E-state index is 12.8. The van der Waals surface area contributed by atoms with Gasteiger partial charge in [0.05, 0.1) is 13.7 Å². The molecule has 3 aromatic carbocycles. The Kier molecular flexibility index (Phi) is 7.67. The van der Waals surface area contributed by atoms with Crippen molar-refractivity contribution in [2.24, 2.45) is 0 Å². The van der Waals surface area contributed by atoms with Crippen molar-refractivity contribution in [3.05, 3.63) is 88.4 Å². The number of para-hydroxylation sites is 1. The van der Waals surface area contributed by atoms with E-state index in [4.69, 9.17) is 9.47 Å². The van der Waals surface area contributed by atoms with Crippen molar-refractivity contribution in [1.82, 2.24) is 4.90 Å². The summed E-state index contributed by atoms with van der Waals surface area (Å²) >= 11 is 3.41. The molecule has 0 radical (unpaired) electrons. The van der Waals surface area contributed by atoms with Crippen molar-refractivity contribution in [1.29, 1.82) is 0 Å². The highest BCUT2D eigenvalue weighted by Gasteiger charge is 2.17. The lowest BCUT2D eigenvalue weighted by atomic mass is 10.1. The third-order valence-corrected chi connectivity index (χ3v) is 5.03. The van der Waals surface area contributed by atoms with Gasteiger partial charge in [0.2, 0.25) is 5.91 Å². The first-order chi connectivity index (χ1) is 15.0. The van der Waals surface area contributed by atoms with Gasteiger partial charge >= 0.3 is 0 Å². The summed E-state index contributed by atoms with van der Waals surface area (Å²) in [5.41, 5.74) is 2.10. The third-order valence-electron chi connectivity index (χ3n) is 4.50. The van der Waals surface area contributed by atoms with Crippen LogP contribution in [0.5, 0.6) is 11.5 Å². The smallest absolute Gasteiger partial charge is 0.254 e. The average molecular weight is 483 g/mol. The van der Waals surface area contributed by atoms with E-state index in [1.165, 1.54) is 12.0 Å². The van der Waals surface area contributed by atoms with E-state index in [9.17, 15) is 9.59 Å². The fourth-order valence-electron chi connectivity index (χ4n) is 2.89. The number of rotatable bonds is 8. The van der Waals surface area contributed by atoms with Gasteiger partial charge in [0, 0.05) is 22.8 Å². The number of amides is 2. The molecule has 7 heteroatoms. The highest BCUT2D eigenvalue weighted by molar-refractivity contribution is 9.10. The number of hydrogen-bond acceptors (Lipinski definition) is 4. The number of carbonyl (C=O) groups excluding carboxylic acids is 2. The van der Waals surface area contributed by atoms with Crippen LogP contribution >= 0.6 is 15.9 Å². The van der Waals surface area contributed by atoms with Crippen LogP contribution in [0.15, 0.2) is 77.3 Å². The molecule has 160 valence electrons.